The van der Waals surface area contributed by atoms with E-state index >= 15 is 0 Å². The van der Waals surface area contributed by atoms with Crippen LogP contribution >= 0.6 is 11.3 Å². The number of hydrogen-bond donors (Lipinski definition) is 1. The summed E-state index contributed by atoms with van der Waals surface area (Å²) in [6.07, 6.45) is 0.331. The molecule has 1 amide bonds. The Hall–Kier alpha value is -2.31. The molecule has 1 aromatic heterocycles. The van der Waals surface area contributed by atoms with E-state index in [2.05, 4.69) is 17.1 Å². The molecule has 0 saturated carbocycles. The van der Waals surface area contributed by atoms with Crippen molar-refractivity contribution in [3.63, 3.8) is 0 Å². The minimum absolute atomic E-state index is 0.122. The Kier molecular flexibility index (Phi) is 7.62. The van der Waals surface area contributed by atoms with E-state index in [0.29, 0.717) is 22.5 Å². The number of likely N-dealkylation sites (N-methyl/N-ethyl adjacent to an activating group) is 1. The van der Waals surface area contributed by atoms with E-state index in [9.17, 15) is 18.0 Å². The van der Waals surface area contributed by atoms with Gasteiger partial charge in [0, 0.05) is 36.6 Å². The minimum atomic E-state index is -3.70. The van der Waals surface area contributed by atoms with Gasteiger partial charge >= 0.3 is 5.97 Å². The topological polar surface area (TPSA) is 105 Å². The van der Waals surface area contributed by atoms with E-state index < -0.39 is 21.9 Å². The number of ether oxygens (including phenoxy) is 2. The number of nitrogens with zero attached hydrogens (tertiary/aromatic N) is 2. The van der Waals surface area contributed by atoms with Crippen molar-refractivity contribution in [1.82, 2.24) is 9.21 Å². The number of thiophene rings is 1. The molecule has 2 aromatic rings. The Morgan fingerprint density at radius 3 is 2.43 bits per heavy atom. The van der Waals surface area contributed by atoms with Crippen LogP contribution in [0.5, 0.6) is 0 Å². The lowest BCUT2D eigenvalue weighted by atomic mass is 10.0. The third kappa shape index (κ3) is 5.29. The maximum Gasteiger partial charge on any atom is 0.341 e. The number of fused-ring (bicyclic) bond motifs is 1. The molecular weight excluding hydrogens is 490 g/mol. The number of hydrogen-bond acceptors (Lipinski definition) is 8. The second-order valence-corrected chi connectivity index (χ2v) is 11.9. The highest BCUT2D eigenvalue weighted by molar-refractivity contribution is 7.89. The van der Waals surface area contributed by atoms with Crippen molar-refractivity contribution < 1.29 is 27.5 Å². The van der Waals surface area contributed by atoms with Crippen molar-refractivity contribution in [2.45, 2.75) is 50.8 Å². The van der Waals surface area contributed by atoms with Gasteiger partial charge in [0.2, 0.25) is 10.0 Å². The normalized spacial score (nSPS) is 21.4. The minimum Gasteiger partial charge on any atom is -0.465 e. The molecule has 2 unspecified atom stereocenters. The van der Waals surface area contributed by atoms with Gasteiger partial charge in [-0.25, -0.2) is 13.2 Å². The molecule has 190 valence electrons. The first-order valence-electron chi connectivity index (χ1n) is 11.7. The lowest BCUT2D eigenvalue weighted by molar-refractivity contribution is -0.0440. The van der Waals surface area contributed by atoms with E-state index in [-0.39, 0.29) is 30.2 Å². The number of morpholine rings is 1. The third-order valence-electron chi connectivity index (χ3n) is 6.34. The van der Waals surface area contributed by atoms with E-state index in [1.165, 1.54) is 47.0 Å². The number of benzene rings is 1. The van der Waals surface area contributed by atoms with Gasteiger partial charge in [-0.3, -0.25) is 9.69 Å². The summed E-state index contributed by atoms with van der Waals surface area (Å²) < 4.78 is 38.2. The molecule has 3 heterocycles. The second-order valence-electron chi connectivity index (χ2n) is 8.88. The fourth-order valence-electron chi connectivity index (χ4n) is 4.56. The predicted molar refractivity (Wildman–Crippen MR) is 133 cm³/mol. The molecule has 9 nitrogen and oxygen atoms in total. The third-order valence-corrected chi connectivity index (χ3v) is 9.32. The zero-order chi connectivity index (χ0) is 25.3. The standard InChI is InChI=1S/C24H31N3O6S2/c1-5-26-11-10-19-20(14-26)34-23(21(19)24(29)32-4)25-22(28)17-6-8-18(9-7-17)35(30,31)27-12-15(2)33-16(3)13-27/h6-9,15-16H,5,10-14H2,1-4H3,(H,25,28). The van der Waals surface area contributed by atoms with Gasteiger partial charge in [0.15, 0.2) is 0 Å². The quantitative estimate of drug-likeness (QED) is 0.583. The molecule has 35 heavy (non-hydrogen) atoms. The van der Waals surface area contributed by atoms with Crippen LogP contribution in [0.25, 0.3) is 0 Å². The van der Waals surface area contributed by atoms with Crippen molar-refractivity contribution >= 4 is 38.2 Å². The summed E-state index contributed by atoms with van der Waals surface area (Å²) in [4.78, 5) is 29.0. The average molecular weight is 522 g/mol. The molecule has 4 rings (SSSR count). The van der Waals surface area contributed by atoms with Gasteiger partial charge in [0.25, 0.3) is 5.91 Å². The number of anilines is 1. The highest BCUT2D eigenvalue weighted by Gasteiger charge is 2.33. The molecule has 1 N–H and O–H groups in total. The Balaban J connectivity index is 1.54. The zero-order valence-electron chi connectivity index (χ0n) is 20.4. The van der Waals surface area contributed by atoms with Crippen molar-refractivity contribution in [2.75, 3.05) is 38.6 Å². The van der Waals surface area contributed by atoms with E-state index in [4.69, 9.17) is 9.47 Å². The summed E-state index contributed by atoms with van der Waals surface area (Å²) in [6.45, 7) is 8.81. The first-order chi connectivity index (χ1) is 16.6. The van der Waals surface area contributed by atoms with Crippen LogP contribution in [0.15, 0.2) is 29.2 Å². The fourth-order valence-corrected chi connectivity index (χ4v) is 7.43. The van der Waals surface area contributed by atoms with Gasteiger partial charge in [-0.1, -0.05) is 6.92 Å². The van der Waals surface area contributed by atoms with Crippen LogP contribution in [-0.2, 0) is 32.5 Å². The van der Waals surface area contributed by atoms with Gasteiger partial charge in [-0.15, -0.1) is 11.3 Å². The largest absolute Gasteiger partial charge is 0.465 e. The number of carbonyl (C=O) groups is 2. The summed E-state index contributed by atoms with van der Waals surface area (Å²) in [5.41, 5.74) is 1.63. The Morgan fingerprint density at radius 2 is 1.83 bits per heavy atom. The summed E-state index contributed by atoms with van der Waals surface area (Å²) in [5.74, 6) is -0.892. The smallest absolute Gasteiger partial charge is 0.341 e. The van der Waals surface area contributed by atoms with Crippen molar-refractivity contribution in [3.8, 4) is 0 Å². The second kappa shape index (κ2) is 10.4. The fraction of sp³-hybridized carbons (Fsp3) is 0.500. The summed E-state index contributed by atoms with van der Waals surface area (Å²) in [5, 5.41) is 3.31. The van der Waals surface area contributed by atoms with Crippen LogP contribution in [0.1, 0.15) is 51.9 Å². The number of esters is 1. The van der Waals surface area contributed by atoms with Gasteiger partial charge in [-0.2, -0.15) is 4.31 Å². The molecular formula is C24H31N3O6S2. The van der Waals surface area contributed by atoms with Crippen LogP contribution in [0.3, 0.4) is 0 Å². The van der Waals surface area contributed by atoms with Gasteiger partial charge in [0.1, 0.15) is 5.00 Å². The van der Waals surface area contributed by atoms with Crippen molar-refractivity contribution in [3.05, 3.63) is 45.8 Å². The SMILES string of the molecule is CCN1CCc2c(sc(NC(=O)c3ccc(S(=O)(=O)N4CC(C)OC(C)C4)cc3)c2C(=O)OC)C1. The molecule has 0 aliphatic carbocycles. The van der Waals surface area contributed by atoms with Crippen LogP contribution in [0.2, 0.25) is 0 Å². The lowest BCUT2D eigenvalue weighted by Crippen LogP contribution is -2.48. The van der Waals surface area contributed by atoms with Crippen LogP contribution < -0.4 is 5.32 Å². The zero-order valence-corrected chi connectivity index (χ0v) is 22.0. The molecule has 1 saturated heterocycles. The Labute approximate surface area is 210 Å². The maximum absolute atomic E-state index is 13.1. The molecule has 11 heteroatoms. The van der Waals surface area contributed by atoms with Crippen LogP contribution in [0, 0.1) is 0 Å². The molecule has 2 aliphatic rings. The number of nitrogens with one attached hydrogen (secondary N) is 1. The highest BCUT2D eigenvalue weighted by Crippen LogP contribution is 2.38. The molecule has 2 aliphatic heterocycles. The Bertz CT molecular complexity index is 1200. The summed E-state index contributed by atoms with van der Waals surface area (Å²) >= 11 is 1.39. The van der Waals surface area contributed by atoms with Gasteiger partial charge < -0.3 is 14.8 Å². The maximum atomic E-state index is 13.1. The number of methoxy groups -OCH3 is 1. The van der Waals surface area contributed by atoms with Gasteiger partial charge in [-0.05, 0) is 56.6 Å². The lowest BCUT2D eigenvalue weighted by Gasteiger charge is -2.34. The molecule has 0 bridgehead atoms. The summed E-state index contributed by atoms with van der Waals surface area (Å²) in [6, 6.07) is 5.85. The molecule has 1 aromatic carbocycles. The molecule has 0 radical (unpaired) electrons. The first kappa shape index (κ1) is 25.8. The van der Waals surface area contributed by atoms with Gasteiger partial charge in [0.05, 0.1) is 29.8 Å². The molecule has 2 atom stereocenters. The van der Waals surface area contributed by atoms with E-state index in [1.807, 2.05) is 13.8 Å². The number of amides is 1. The van der Waals surface area contributed by atoms with Crippen molar-refractivity contribution in [2.24, 2.45) is 0 Å². The van der Waals surface area contributed by atoms with E-state index in [0.717, 1.165) is 30.1 Å². The number of rotatable bonds is 6. The monoisotopic (exact) mass is 521 g/mol. The number of sulfonamides is 1. The predicted octanol–water partition coefficient (Wildman–Crippen LogP) is 2.96. The molecule has 0 spiro atoms. The summed E-state index contributed by atoms with van der Waals surface area (Å²) in [7, 11) is -2.37. The van der Waals surface area contributed by atoms with E-state index in [1.54, 1.807) is 0 Å². The number of carbonyl (C=O) groups excluding carboxylic acids is 2. The average Bonchev–Trinajstić information content (AvgIpc) is 3.19. The van der Waals surface area contributed by atoms with Crippen molar-refractivity contribution in [1.29, 1.82) is 0 Å². The van der Waals surface area contributed by atoms with Crippen LogP contribution in [-0.4, -0.2) is 75.0 Å². The van der Waals surface area contributed by atoms with Crippen LogP contribution in [0.4, 0.5) is 5.00 Å². The first-order valence-corrected chi connectivity index (χ1v) is 13.9. The highest BCUT2D eigenvalue weighted by atomic mass is 32.2. The molecule has 1 fully saturated rings. The Morgan fingerprint density at radius 1 is 1.17 bits per heavy atom.